The highest BCUT2D eigenvalue weighted by Gasteiger charge is 2.24. The number of carbonyl (C=O) groups excluding carboxylic acids is 3. The molecule has 0 saturated carbocycles. The van der Waals surface area contributed by atoms with Gasteiger partial charge in [0.2, 0.25) is 5.91 Å². The van der Waals surface area contributed by atoms with Crippen LogP contribution < -0.4 is 0 Å². The topological polar surface area (TPSA) is 77.8 Å². The van der Waals surface area contributed by atoms with Crippen molar-refractivity contribution in [2.75, 3.05) is 13.2 Å². The number of nitrogens with zero attached hydrogens (tertiary/aromatic N) is 2. The Kier molecular flexibility index (Phi) is 6.25. The Hall–Kier alpha value is -2.83. The number of hydrogen-bond donors (Lipinski definition) is 0. The van der Waals surface area contributed by atoms with Crippen molar-refractivity contribution in [3.63, 3.8) is 0 Å². The van der Waals surface area contributed by atoms with E-state index in [4.69, 9.17) is 9.47 Å². The zero-order chi connectivity index (χ0) is 20.2. The SMILES string of the molecule is CCOC(=O)CN(Cc1cc2ccccc2n1C(=O)OC(C)(C)C)C(C)=O. The molecular formula is C20H26N2O5. The third-order valence-corrected chi connectivity index (χ3v) is 3.79. The van der Waals surface area contributed by atoms with Crippen LogP contribution in [0.4, 0.5) is 4.79 Å². The molecule has 7 nitrogen and oxygen atoms in total. The number of carbonyl (C=O) groups is 3. The van der Waals surface area contributed by atoms with Gasteiger partial charge < -0.3 is 14.4 Å². The van der Waals surface area contributed by atoms with Gasteiger partial charge >= 0.3 is 12.1 Å². The van der Waals surface area contributed by atoms with Gasteiger partial charge in [-0.1, -0.05) is 18.2 Å². The van der Waals surface area contributed by atoms with E-state index < -0.39 is 17.7 Å². The molecule has 2 aromatic rings. The molecule has 0 fully saturated rings. The molecule has 146 valence electrons. The second-order valence-electron chi connectivity index (χ2n) is 7.19. The molecule has 1 aromatic heterocycles. The molecule has 0 N–H and O–H groups in total. The molecule has 1 heterocycles. The van der Waals surface area contributed by atoms with Crippen LogP contribution in [0.3, 0.4) is 0 Å². The third kappa shape index (κ3) is 5.32. The lowest BCUT2D eigenvalue weighted by molar-refractivity contribution is -0.148. The minimum atomic E-state index is -0.662. The van der Waals surface area contributed by atoms with E-state index in [1.165, 1.54) is 16.4 Å². The van der Waals surface area contributed by atoms with E-state index in [0.29, 0.717) is 11.2 Å². The number of ether oxygens (including phenoxy) is 2. The summed E-state index contributed by atoms with van der Waals surface area (Å²) in [6.45, 7) is 8.59. The van der Waals surface area contributed by atoms with E-state index in [0.717, 1.165) is 5.39 Å². The van der Waals surface area contributed by atoms with Crippen molar-refractivity contribution in [1.29, 1.82) is 0 Å². The quantitative estimate of drug-likeness (QED) is 0.750. The van der Waals surface area contributed by atoms with Crippen molar-refractivity contribution in [2.24, 2.45) is 0 Å². The van der Waals surface area contributed by atoms with Gasteiger partial charge in [-0.05, 0) is 39.8 Å². The molecule has 0 aliphatic carbocycles. The maximum absolute atomic E-state index is 12.8. The highest BCUT2D eigenvalue weighted by atomic mass is 16.6. The second-order valence-corrected chi connectivity index (χ2v) is 7.19. The summed E-state index contributed by atoms with van der Waals surface area (Å²) in [5.74, 6) is -0.781. The number of hydrogen-bond acceptors (Lipinski definition) is 5. The van der Waals surface area contributed by atoms with Crippen LogP contribution in [0.15, 0.2) is 30.3 Å². The van der Waals surface area contributed by atoms with Crippen LogP contribution in [0.2, 0.25) is 0 Å². The molecule has 0 aliphatic rings. The molecule has 2 rings (SSSR count). The van der Waals surface area contributed by atoms with Crippen molar-refractivity contribution in [3.05, 3.63) is 36.0 Å². The fraction of sp³-hybridized carbons (Fsp3) is 0.450. The zero-order valence-corrected chi connectivity index (χ0v) is 16.4. The maximum atomic E-state index is 12.8. The first-order valence-corrected chi connectivity index (χ1v) is 8.86. The average Bonchev–Trinajstić information content (AvgIpc) is 2.90. The van der Waals surface area contributed by atoms with E-state index in [1.54, 1.807) is 27.7 Å². The summed E-state index contributed by atoms with van der Waals surface area (Å²) in [5.41, 5.74) is 0.580. The van der Waals surface area contributed by atoms with Gasteiger partial charge in [-0.2, -0.15) is 0 Å². The Morgan fingerprint density at radius 3 is 2.41 bits per heavy atom. The van der Waals surface area contributed by atoms with Crippen LogP contribution in [0.1, 0.15) is 40.3 Å². The molecule has 7 heteroatoms. The molecule has 0 radical (unpaired) electrons. The first-order chi connectivity index (χ1) is 12.6. The van der Waals surface area contributed by atoms with Crippen LogP contribution in [0.5, 0.6) is 0 Å². The Morgan fingerprint density at radius 1 is 1.15 bits per heavy atom. The van der Waals surface area contributed by atoms with Gasteiger partial charge in [0.05, 0.1) is 18.7 Å². The predicted molar refractivity (Wildman–Crippen MR) is 101 cm³/mol. The lowest BCUT2D eigenvalue weighted by Gasteiger charge is -2.23. The Labute approximate surface area is 158 Å². The monoisotopic (exact) mass is 374 g/mol. The van der Waals surface area contributed by atoms with Crippen LogP contribution >= 0.6 is 0 Å². The summed E-state index contributed by atoms with van der Waals surface area (Å²) in [7, 11) is 0. The molecular weight excluding hydrogens is 348 g/mol. The highest BCUT2D eigenvalue weighted by Crippen LogP contribution is 2.23. The molecule has 1 aromatic carbocycles. The molecule has 0 atom stereocenters. The molecule has 0 bridgehead atoms. The first-order valence-electron chi connectivity index (χ1n) is 8.86. The molecule has 0 unspecified atom stereocenters. The third-order valence-electron chi connectivity index (χ3n) is 3.79. The van der Waals surface area contributed by atoms with Crippen LogP contribution in [-0.4, -0.2) is 46.2 Å². The first kappa shape index (κ1) is 20.5. The minimum absolute atomic E-state index is 0.0854. The molecule has 27 heavy (non-hydrogen) atoms. The largest absolute Gasteiger partial charge is 0.465 e. The minimum Gasteiger partial charge on any atom is -0.465 e. The Balaban J connectivity index is 2.41. The summed E-state index contributed by atoms with van der Waals surface area (Å²) in [6.07, 6.45) is -0.529. The molecule has 1 amide bonds. The summed E-state index contributed by atoms with van der Waals surface area (Å²) < 4.78 is 11.9. The van der Waals surface area contributed by atoms with Crippen molar-refractivity contribution in [1.82, 2.24) is 9.47 Å². The fourth-order valence-corrected chi connectivity index (χ4v) is 2.69. The van der Waals surface area contributed by atoms with E-state index in [9.17, 15) is 14.4 Å². The van der Waals surface area contributed by atoms with Crippen molar-refractivity contribution in [2.45, 2.75) is 46.8 Å². The van der Waals surface area contributed by atoms with Gasteiger partial charge in [0, 0.05) is 18.0 Å². The number of aromatic nitrogens is 1. The smallest absolute Gasteiger partial charge is 0.419 e. The number of para-hydroxylation sites is 1. The van der Waals surface area contributed by atoms with E-state index >= 15 is 0 Å². The van der Waals surface area contributed by atoms with Crippen LogP contribution in [0, 0.1) is 0 Å². The van der Waals surface area contributed by atoms with E-state index in [-0.39, 0.29) is 25.6 Å². The average molecular weight is 374 g/mol. The number of benzene rings is 1. The van der Waals surface area contributed by atoms with Crippen LogP contribution in [-0.2, 0) is 25.6 Å². The van der Waals surface area contributed by atoms with Crippen molar-refractivity contribution < 1.29 is 23.9 Å². The Morgan fingerprint density at radius 2 is 1.81 bits per heavy atom. The van der Waals surface area contributed by atoms with Crippen molar-refractivity contribution >= 4 is 28.9 Å². The second kappa shape index (κ2) is 8.24. The van der Waals surface area contributed by atoms with E-state index in [2.05, 4.69) is 0 Å². The summed E-state index contributed by atoms with van der Waals surface area (Å²) in [4.78, 5) is 37.9. The molecule has 0 saturated heterocycles. The van der Waals surface area contributed by atoms with Gasteiger partial charge in [0.15, 0.2) is 0 Å². The van der Waals surface area contributed by atoms with Gasteiger partial charge in [0.25, 0.3) is 0 Å². The van der Waals surface area contributed by atoms with Gasteiger partial charge in [-0.3, -0.25) is 9.59 Å². The number of esters is 1. The standard InChI is InChI=1S/C20H26N2O5/c1-6-26-18(24)13-21(14(2)23)12-16-11-15-9-7-8-10-17(15)22(16)19(25)27-20(3,4)5/h7-11H,6,12-13H2,1-5H3. The lowest BCUT2D eigenvalue weighted by atomic mass is 10.2. The van der Waals surface area contributed by atoms with Crippen LogP contribution in [0.25, 0.3) is 10.9 Å². The van der Waals surface area contributed by atoms with Gasteiger partial charge in [-0.15, -0.1) is 0 Å². The van der Waals surface area contributed by atoms with E-state index in [1.807, 2.05) is 30.3 Å². The zero-order valence-electron chi connectivity index (χ0n) is 16.4. The van der Waals surface area contributed by atoms with Gasteiger partial charge in [-0.25, -0.2) is 9.36 Å². The normalized spacial score (nSPS) is 11.3. The highest BCUT2D eigenvalue weighted by molar-refractivity contribution is 5.91. The maximum Gasteiger partial charge on any atom is 0.419 e. The summed E-state index contributed by atoms with van der Waals surface area (Å²) in [6, 6.07) is 9.21. The number of rotatable bonds is 5. The summed E-state index contributed by atoms with van der Waals surface area (Å²) in [5, 5.41) is 0.845. The molecule has 0 spiro atoms. The van der Waals surface area contributed by atoms with Crippen molar-refractivity contribution in [3.8, 4) is 0 Å². The number of amides is 1. The molecule has 0 aliphatic heterocycles. The number of fused-ring (bicyclic) bond motifs is 1. The Bertz CT molecular complexity index is 848. The lowest BCUT2D eigenvalue weighted by Crippen LogP contribution is -2.36. The summed E-state index contributed by atoms with van der Waals surface area (Å²) >= 11 is 0. The van der Waals surface area contributed by atoms with Gasteiger partial charge in [0.1, 0.15) is 12.1 Å². The fourth-order valence-electron chi connectivity index (χ4n) is 2.69. The predicted octanol–water partition coefficient (Wildman–Crippen LogP) is 3.34.